The largest absolute Gasteiger partial charge is 0.497 e. The number of methoxy groups -OCH3 is 1. The van der Waals surface area contributed by atoms with Crippen molar-refractivity contribution in [1.29, 1.82) is 0 Å². The molecular weight excluding hydrogens is 408 g/mol. The minimum Gasteiger partial charge on any atom is -0.497 e. The lowest BCUT2D eigenvalue weighted by Crippen LogP contribution is -2.16. The van der Waals surface area contributed by atoms with E-state index in [2.05, 4.69) is 15.4 Å². The van der Waals surface area contributed by atoms with Crippen molar-refractivity contribution in [2.24, 2.45) is 0 Å². The van der Waals surface area contributed by atoms with Gasteiger partial charge in [0.1, 0.15) is 5.75 Å². The van der Waals surface area contributed by atoms with E-state index in [1.54, 1.807) is 25.3 Å². The molecule has 0 bridgehead atoms. The van der Waals surface area contributed by atoms with Crippen LogP contribution in [0.4, 0.5) is 5.95 Å². The maximum absolute atomic E-state index is 12.9. The first-order chi connectivity index (χ1) is 14.1. The van der Waals surface area contributed by atoms with Crippen LogP contribution in [0.2, 0.25) is 5.02 Å². The molecule has 0 unspecified atom stereocenters. The van der Waals surface area contributed by atoms with Gasteiger partial charge in [-0.2, -0.15) is 9.67 Å². The van der Waals surface area contributed by atoms with E-state index in [1.807, 2.05) is 47.8 Å². The number of nitrogens with one attached hydrogen (secondary N) is 1. The van der Waals surface area contributed by atoms with E-state index < -0.39 is 0 Å². The zero-order valence-corrected chi connectivity index (χ0v) is 17.1. The van der Waals surface area contributed by atoms with Gasteiger partial charge in [-0.15, -0.1) is 16.4 Å². The third-order valence-corrected chi connectivity index (χ3v) is 5.35. The highest BCUT2D eigenvalue weighted by molar-refractivity contribution is 7.12. The van der Waals surface area contributed by atoms with Crippen LogP contribution in [-0.4, -0.2) is 27.8 Å². The predicted octanol–water partition coefficient (Wildman–Crippen LogP) is 4.97. The molecule has 2 aromatic carbocycles. The van der Waals surface area contributed by atoms with Crippen LogP contribution in [0.3, 0.4) is 0 Å². The summed E-state index contributed by atoms with van der Waals surface area (Å²) in [6.07, 6.45) is 0. The summed E-state index contributed by atoms with van der Waals surface area (Å²) in [5.74, 6) is 1.38. The number of aromatic nitrogens is 3. The molecule has 8 heteroatoms. The maximum Gasteiger partial charge on any atom is 0.291 e. The van der Waals surface area contributed by atoms with Gasteiger partial charge in [-0.05, 0) is 53.4 Å². The Morgan fingerprint density at radius 3 is 2.55 bits per heavy atom. The molecule has 0 saturated heterocycles. The van der Waals surface area contributed by atoms with Gasteiger partial charge in [-0.25, -0.2) is 0 Å². The third kappa shape index (κ3) is 4.31. The molecule has 2 aromatic heterocycles. The van der Waals surface area contributed by atoms with E-state index >= 15 is 0 Å². The lowest BCUT2D eigenvalue weighted by atomic mass is 10.2. The Morgan fingerprint density at radius 2 is 1.90 bits per heavy atom. The minimum atomic E-state index is -0.232. The SMILES string of the molecule is COc1ccc(CNc2nc(-c3ccc(Cl)cc3)nn2C(=O)c2cccs2)cc1. The van der Waals surface area contributed by atoms with Gasteiger partial charge >= 0.3 is 0 Å². The zero-order chi connectivity index (χ0) is 20.2. The average molecular weight is 425 g/mol. The fourth-order valence-corrected chi connectivity index (χ4v) is 3.49. The van der Waals surface area contributed by atoms with Gasteiger partial charge in [0.2, 0.25) is 5.95 Å². The molecule has 146 valence electrons. The first kappa shape index (κ1) is 19.2. The van der Waals surface area contributed by atoms with Crippen molar-refractivity contribution < 1.29 is 9.53 Å². The molecule has 0 radical (unpaired) electrons. The highest BCUT2D eigenvalue weighted by atomic mass is 35.5. The summed E-state index contributed by atoms with van der Waals surface area (Å²) in [5.41, 5.74) is 1.80. The van der Waals surface area contributed by atoms with E-state index in [-0.39, 0.29) is 5.91 Å². The van der Waals surface area contributed by atoms with Crippen molar-refractivity contribution >= 4 is 34.8 Å². The Balaban J connectivity index is 1.64. The number of carbonyl (C=O) groups excluding carboxylic acids is 1. The number of halogens is 1. The van der Waals surface area contributed by atoms with E-state index in [1.165, 1.54) is 16.0 Å². The second-order valence-corrected chi connectivity index (χ2v) is 7.55. The first-order valence-electron chi connectivity index (χ1n) is 8.82. The van der Waals surface area contributed by atoms with Crippen LogP contribution < -0.4 is 10.1 Å². The topological polar surface area (TPSA) is 69.0 Å². The van der Waals surface area contributed by atoms with Gasteiger partial charge in [-0.1, -0.05) is 29.8 Å². The Kier molecular flexibility index (Phi) is 5.59. The number of nitrogens with zero attached hydrogens (tertiary/aromatic N) is 3. The van der Waals surface area contributed by atoms with Gasteiger partial charge in [0.05, 0.1) is 12.0 Å². The second kappa shape index (κ2) is 8.46. The summed E-state index contributed by atoms with van der Waals surface area (Å²) in [5, 5.41) is 10.1. The molecule has 0 atom stereocenters. The Hall–Kier alpha value is -3.16. The van der Waals surface area contributed by atoms with Gasteiger partial charge in [0.25, 0.3) is 5.91 Å². The average Bonchev–Trinajstić information content (AvgIpc) is 3.43. The van der Waals surface area contributed by atoms with Crippen molar-refractivity contribution in [1.82, 2.24) is 14.8 Å². The van der Waals surface area contributed by atoms with E-state index in [9.17, 15) is 4.79 Å². The summed E-state index contributed by atoms with van der Waals surface area (Å²) in [6.45, 7) is 0.487. The van der Waals surface area contributed by atoms with Crippen molar-refractivity contribution in [2.45, 2.75) is 6.54 Å². The first-order valence-corrected chi connectivity index (χ1v) is 10.1. The van der Waals surface area contributed by atoms with Crippen LogP contribution >= 0.6 is 22.9 Å². The summed E-state index contributed by atoms with van der Waals surface area (Å²) in [4.78, 5) is 18.0. The van der Waals surface area contributed by atoms with Crippen LogP contribution in [0.25, 0.3) is 11.4 Å². The van der Waals surface area contributed by atoms with Crippen LogP contribution in [0, 0.1) is 0 Å². The van der Waals surface area contributed by atoms with E-state index in [0.717, 1.165) is 16.9 Å². The summed E-state index contributed by atoms with van der Waals surface area (Å²) in [7, 11) is 1.63. The number of thiophene rings is 1. The fraction of sp³-hybridized carbons (Fsp3) is 0.0952. The summed E-state index contributed by atoms with van der Waals surface area (Å²) >= 11 is 7.34. The fourth-order valence-electron chi connectivity index (χ4n) is 2.72. The number of hydrogen-bond acceptors (Lipinski definition) is 6. The van der Waals surface area contributed by atoms with E-state index in [4.69, 9.17) is 16.3 Å². The summed E-state index contributed by atoms with van der Waals surface area (Å²) < 4.78 is 6.49. The molecule has 0 amide bonds. The molecule has 0 aliphatic rings. The maximum atomic E-state index is 12.9. The number of rotatable bonds is 6. The number of anilines is 1. The van der Waals surface area contributed by atoms with Gasteiger partial charge in [0.15, 0.2) is 5.82 Å². The lowest BCUT2D eigenvalue weighted by Gasteiger charge is -2.07. The standard InChI is InChI=1S/C21H17ClN4O2S/c1-28-17-10-4-14(5-11-17)13-23-21-24-19(15-6-8-16(22)9-7-15)25-26(21)20(27)18-3-2-12-29-18/h2-12H,13H2,1H3,(H,23,24,25). The molecule has 0 saturated carbocycles. The molecule has 29 heavy (non-hydrogen) atoms. The van der Waals surface area contributed by atoms with Crippen LogP contribution in [0.5, 0.6) is 5.75 Å². The molecule has 6 nitrogen and oxygen atoms in total. The van der Waals surface area contributed by atoms with Crippen LogP contribution in [0.1, 0.15) is 15.2 Å². The minimum absolute atomic E-state index is 0.232. The third-order valence-electron chi connectivity index (χ3n) is 4.24. The predicted molar refractivity (Wildman–Crippen MR) is 115 cm³/mol. The molecule has 4 aromatic rings. The number of carbonyl (C=O) groups is 1. The van der Waals surface area contributed by atoms with Crippen LogP contribution in [-0.2, 0) is 6.54 Å². The monoisotopic (exact) mass is 424 g/mol. The molecule has 0 aliphatic carbocycles. The molecule has 1 N–H and O–H groups in total. The molecule has 0 fully saturated rings. The Bertz CT molecular complexity index is 1110. The number of benzene rings is 2. The zero-order valence-electron chi connectivity index (χ0n) is 15.5. The van der Waals surface area contributed by atoms with Crippen molar-refractivity contribution in [2.75, 3.05) is 12.4 Å². The molecule has 0 aliphatic heterocycles. The van der Waals surface area contributed by atoms with Crippen molar-refractivity contribution in [3.63, 3.8) is 0 Å². The Labute approximate surface area is 176 Å². The molecule has 2 heterocycles. The van der Waals surface area contributed by atoms with Gasteiger partial charge in [-0.3, -0.25) is 4.79 Å². The normalized spacial score (nSPS) is 10.7. The smallest absolute Gasteiger partial charge is 0.291 e. The highest BCUT2D eigenvalue weighted by Crippen LogP contribution is 2.22. The molecule has 0 spiro atoms. The van der Waals surface area contributed by atoms with Gasteiger partial charge < -0.3 is 10.1 Å². The van der Waals surface area contributed by atoms with Crippen LogP contribution in [0.15, 0.2) is 66.0 Å². The quantitative estimate of drug-likeness (QED) is 0.473. The van der Waals surface area contributed by atoms with Crippen molar-refractivity contribution in [3.05, 3.63) is 81.5 Å². The van der Waals surface area contributed by atoms with Crippen molar-refractivity contribution in [3.8, 4) is 17.1 Å². The molecular formula is C21H17ClN4O2S. The Morgan fingerprint density at radius 1 is 1.14 bits per heavy atom. The number of ether oxygens (including phenoxy) is 1. The second-order valence-electron chi connectivity index (χ2n) is 6.16. The number of hydrogen-bond donors (Lipinski definition) is 1. The van der Waals surface area contributed by atoms with E-state index in [0.29, 0.717) is 28.2 Å². The highest BCUT2D eigenvalue weighted by Gasteiger charge is 2.19. The van der Waals surface area contributed by atoms with Gasteiger partial charge in [0, 0.05) is 17.1 Å². The summed E-state index contributed by atoms with van der Waals surface area (Å²) in [6, 6.07) is 18.5. The molecule has 4 rings (SSSR count). The lowest BCUT2D eigenvalue weighted by molar-refractivity contribution is 0.0951.